The van der Waals surface area contributed by atoms with Crippen LogP contribution in [0.1, 0.15) is 38.5 Å². The maximum atomic E-state index is 11.5. The molecule has 0 aromatic carbocycles. The summed E-state index contributed by atoms with van der Waals surface area (Å²) in [5, 5.41) is 11.7. The Morgan fingerprint density at radius 3 is 2.62 bits per heavy atom. The van der Waals surface area contributed by atoms with Gasteiger partial charge < -0.3 is 16.2 Å². The van der Waals surface area contributed by atoms with Crippen molar-refractivity contribution in [3.05, 3.63) is 0 Å². The molecule has 1 aliphatic rings. The molecule has 2 atom stereocenters. The second-order valence-electron chi connectivity index (χ2n) is 4.36. The maximum absolute atomic E-state index is 11.5. The molecule has 1 fully saturated rings. The van der Waals surface area contributed by atoms with Gasteiger partial charge in [0.25, 0.3) is 0 Å². The molecule has 1 amide bonds. The Kier molecular flexibility index (Phi) is 5.25. The summed E-state index contributed by atoms with van der Waals surface area (Å²) >= 11 is 0. The molecule has 0 aliphatic heterocycles. The minimum absolute atomic E-state index is 0.0180. The molecule has 0 heterocycles. The molecule has 1 saturated carbocycles. The predicted octanol–water partition coefficient (Wildman–Crippen LogP) is 0.485. The van der Waals surface area contributed by atoms with E-state index in [9.17, 15) is 9.59 Å². The third-order valence-electron chi connectivity index (χ3n) is 3.00. The highest BCUT2D eigenvalue weighted by Crippen LogP contribution is 2.25. The van der Waals surface area contributed by atoms with Crippen LogP contribution in [-0.2, 0) is 9.59 Å². The fourth-order valence-electron chi connectivity index (χ4n) is 2.07. The SMILES string of the molecule is NCCCCC(=O)N[C@H]1CC[C@@H](C(=O)O)C1. The van der Waals surface area contributed by atoms with E-state index in [2.05, 4.69) is 5.32 Å². The van der Waals surface area contributed by atoms with E-state index in [-0.39, 0.29) is 17.9 Å². The van der Waals surface area contributed by atoms with Gasteiger partial charge in [-0.3, -0.25) is 9.59 Å². The molecule has 0 spiro atoms. The zero-order chi connectivity index (χ0) is 12.0. The van der Waals surface area contributed by atoms with Crippen molar-refractivity contribution in [2.45, 2.75) is 44.6 Å². The van der Waals surface area contributed by atoms with Crippen LogP contribution in [0.5, 0.6) is 0 Å². The van der Waals surface area contributed by atoms with Crippen molar-refractivity contribution in [1.29, 1.82) is 0 Å². The lowest BCUT2D eigenvalue weighted by Crippen LogP contribution is -2.33. The van der Waals surface area contributed by atoms with Crippen molar-refractivity contribution in [3.8, 4) is 0 Å². The number of amides is 1. The van der Waals surface area contributed by atoms with Crippen molar-refractivity contribution in [2.24, 2.45) is 11.7 Å². The van der Waals surface area contributed by atoms with Crippen molar-refractivity contribution in [1.82, 2.24) is 5.32 Å². The summed E-state index contributed by atoms with van der Waals surface area (Å²) < 4.78 is 0. The van der Waals surface area contributed by atoms with E-state index in [1.54, 1.807) is 0 Å². The largest absolute Gasteiger partial charge is 0.481 e. The first-order valence-corrected chi connectivity index (χ1v) is 5.85. The molecule has 16 heavy (non-hydrogen) atoms. The second kappa shape index (κ2) is 6.48. The minimum atomic E-state index is -0.750. The third kappa shape index (κ3) is 4.18. The minimum Gasteiger partial charge on any atom is -0.481 e. The highest BCUT2D eigenvalue weighted by atomic mass is 16.4. The van der Waals surface area contributed by atoms with E-state index < -0.39 is 5.97 Å². The molecule has 5 nitrogen and oxygen atoms in total. The van der Waals surface area contributed by atoms with E-state index in [1.807, 2.05) is 0 Å². The molecule has 0 radical (unpaired) electrons. The lowest BCUT2D eigenvalue weighted by molar-refractivity contribution is -0.141. The first-order valence-electron chi connectivity index (χ1n) is 5.85. The van der Waals surface area contributed by atoms with Crippen LogP contribution in [0, 0.1) is 5.92 Å². The van der Waals surface area contributed by atoms with Gasteiger partial charge in [-0.1, -0.05) is 0 Å². The van der Waals surface area contributed by atoms with Crippen LogP contribution in [0.15, 0.2) is 0 Å². The fourth-order valence-corrected chi connectivity index (χ4v) is 2.07. The van der Waals surface area contributed by atoms with E-state index >= 15 is 0 Å². The first kappa shape index (κ1) is 13.0. The first-order chi connectivity index (χ1) is 7.63. The molecular formula is C11H20N2O3. The van der Waals surface area contributed by atoms with Gasteiger partial charge in [-0.15, -0.1) is 0 Å². The molecule has 0 aromatic heterocycles. The van der Waals surface area contributed by atoms with Gasteiger partial charge >= 0.3 is 5.97 Å². The van der Waals surface area contributed by atoms with Gasteiger partial charge in [-0.05, 0) is 38.6 Å². The van der Waals surface area contributed by atoms with Crippen molar-refractivity contribution in [2.75, 3.05) is 6.54 Å². The molecular weight excluding hydrogens is 208 g/mol. The van der Waals surface area contributed by atoms with Gasteiger partial charge in [-0.2, -0.15) is 0 Å². The molecule has 1 rings (SSSR count). The molecule has 0 bridgehead atoms. The number of hydrogen-bond donors (Lipinski definition) is 3. The molecule has 92 valence electrons. The molecule has 1 aliphatic carbocycles. The number of carboxylic acids is 1. The maximum Gasteiger partial charge on any atom is 0.306 e. The zero-order valence-corrected chi connectivity index (χ0v) is 9.45. The van der Waals surface area contributed by atoms with Gasteiger partial charge in [0.05, 0.1) is 5.92 Å². The lowest BCUT2D eigenvalue weighted by Gasteiger charge is -2.12. The summed E-state index contributed by atoms with van der Waals surface area (Å²) in [6, 6.07) is 0.0477. The highest BCUT2D eigenvalue weighted by Gasteiger charge is 2.30. The van der Waals surface area contributed by atoms with Crippen LogP contribution in [-0.4, -0.2) is 29.6 Å². The smallest absolute Gasteiger partial charge is 0.306 e. The summed E-state index contributed by atoms with van der Waals surface area (Å²) in [6.45, 7) is 0.609. The van der Waals surface area contributed by atoms with Crippen molar-refractivity contribution in [3.63, 3.8) is 0 Å². The van der Waals surface area contributed by atoms with Gasteiger partial charge in [0.1, 0.15) is 0 Å². The Morgan fingerprint density at radius 1 is 1.31 bits per heavy atom. The second-order valence-corrected chi connectivity index (χ2v) is 4.36. The third-order valence-corrected chi connectivity index (χ3v) is 3.00. The van der Waals surface area contributed by atoms with Crippen LogP contribution >= 0.6 is 0 Å². The molecule has 4 N–H and O–H groups in total. The summed E-state index contributed by atoms with van der Waals surface area (Å²) in [4.78, 5) is 22.2. The number of hydrogen-bond acceptors (Lipinski definition) is 3. The molecule has 0 saturated heterocycles. The Bertz CT molecular complexity index is 256. The summed E-state index contributed by atoms with van der Waals surface area (Å²) in [6.07, 6.45) is 4.17. The summed E-state index contributed by atoms with van der Waals surface area (Å²) in [5.41, 5.74) is 5.33. The number of rotatable bonds is 6. The van der Waals surface area contributed by atoms with Crippen molar-refractivity contribution >= 4 is 11.9 Å². The van der Waals surface area contributed by atoms with Crippen LogP contribution < -0.4 is 11.1 Å². The summed E-state index contributed by atoms with van der Waals surface area (Å²) in [5.74, 6) is -1.02. The van der Waals surface area contributed by atoms with E-state index in [0.29, 0.717) is 25.8 Å². The number of aliphatic carboxylic acids is 1. The highest BCUT2D eigenvalue weighted by molar-refractivity contribution is 5.76. The van der Waals surface area contributed by atoms with Crippen LogP contribution in [0.25, 0.3) is 0 Å². The molecule has 0 aromatic rings. The quantitative estimate of drug-likeness (QED) is 0.577. The van der Waals surface area contributed by atoms with Crippen LogP contribution in [0.2, 0.25) is 0 Å². The average molecular weight is 228 g/mol. The Hall–Kier alpha value is -1.10. The average Bonchev–Trinajstić information content (AvgIpc) is 2.66. The number of nitrogens with one attached hydrogen (secondary N) is 1. The fraction of sp³-hybridized carbons (Fsp3) is 0.818. The van der Waals surface area contributed by atoms with Gasteiger partial charge in [-0.25, -0.2) is 0 Å². The van der Waals surface area contributed by atoms with Gasteiger partial charge in [0.15, 0.2) is 0 Å². The summed E-state index contributed by atoms with van der Waals surface area (Å²) in [7, 11) is 0. The normalized spacial score (nSPS) is 24.3. The Morgan fingerprint density at radius 2 is 2.06 bits per heavy atom. The van der Waals surface area contributed by atoms with Crippen LogP contribution in [0.3, 0.4) is 0 Å². The number of carbonyl (C=O) groups is 2. The number of nitrogens with two attached hydrogens (primary N) is 1. The Balaban J connectivity index is 2.18. The number of carboxylic acid groups (broad SMARTS) is 1. The van der Waals surface area contributed by atoms with E-state index in [1.165, 1.54) is 0 Å². The lowest BCUT2D eigenvalue weighted by atomic mass is 10.1. The van der Waals surface area contributed by atoms with Crippen molar-refractivity contribution < 1.29 is 14.7 Å². The topological polar surface area (TPSA) is 92.4 Å². The Labute approximate surface area is 95.4 Å². The monoisotopic (exact) mass is 228 g/mol. The molecule has 0 unspecified atom stereocenters. The standard InChI is InChI=1S/C11H20N2O3/c12-6-2-1-3-10(14)13-9-5-4-8(7-9)11(15)16/h8-9H,1-7,12H2,(H,13,14)(H,15,16)/t8-,9+/m1/s1. The van der Waals surface area contributed by atoms with Gasteiger partial charge in [0.2, 0.25) is 5.91 Å². The van der Waals surface area contributed by atoms with E-state index in [4.69, 9.17) is 10.8 Å². The van der Waals surface area contributed by atoms with Crippen LogP contribution in [0.4, 0.5) is 0 Å². The van der Waals surface area contributed by atoms with E-state index in [0.717, 1.165) is 19.3 Å². The predicted molar refractivity (Wildman–Crippen MR) is 59.8 cm³/mol. The van der Waals surface area contributed by atoms with Gasteiger partial charge in [0, 0.05) is 12.5 Å². The number of carbonyl (C=O) groups excluding carboxylic acids is 1. The molecule has 5 heteroatoms. The zero-order valence-electron chi connectivity index (χ0n) is 9.45. The number of unbranched alkanes of at least 4 members (excludes halogenated alkanes) is 1.